The molecular formula is C21H25N3O4. The van der Waals surface area contributed by atoms with Crippen LogP contribution in [0, 0.1) is 0 Å². The van der Waals surface area contributed by atoms with E-state index in [0.717, 1.165) is 50.9 Å². The summed E-state index contributed by atoms with van der Waals surface area (Å²) in [5, 5.41) is 0.498. The van der Waals surface area contributed by atoms with E-state index in [4.69, 9.17) is 4.74 Å². The molecule has 1 aromatic carbocycles. The lowest BCUT2D eigenvalue weighted by Gasteiger charge is -2.35. The number of nitrogens with zero attached hydrogens (tertiary/aromatic N) is 3. The summed E-state index contributed by atoms with van der Waals surface area (Å²) < 4.78 is 6.96. The number of likely N-dealkylation sites (tertiary alicyclic amines) is 1. The third-order valence-corrected chi connectivity index (χ3v) is 5.80. The zero-order valence-corrected chi connectivity index (χ0v) is 16.1. The number of benzene rings is 1. The second kappa shape index (κ2) is 7.73. The minimum Gasteiger partial charge on any atom is -0.452 e. The Morgan fingerprint density at radius 2 is 2.07 bits per heavy atom. The predicted octanol–water partition coefficient (Wildman–Crippen LogP) is 2.29. The van der Waals surface area contributed by atoms with E-state index in [0.29, 0.717) is 23.0 Å². The van der Waals surface area contributed by atoms with E-state index in [9.17, 15) is 14.4 Å². The number of carbonyl (C=O) groups excluding carboxylic acids is 2. The fourth-order valence-electron chi connectivity index (χ4n) is 4.26. The molecule has 0 N–H and O–H groups in total. The predicted molar refractivity (Wildman–Crippen MR) is 104 cm³/mol. The number of rotatable bonds is 4. The Bertz CT molecular complexity index is 982. The molecule has 2 aliphatic heterocycles. The van der Waals surface area contributed by atoms with E-state index >= 15 is 0 Å². The van der Waals surface area contributed by atoms with Crippen molar-refractivity contribution in [2.24, 2.45) is 0 Å². The van der Waals surface area contributed by atoms with Crippen molar-refractivity contribution in [3.8, 4) is 0 Å². The van der Waals surface area contributed by atoms with Crippen LogP contribution in [0.25, 0.3) is 10.9 Å². The summed E-state index contributed by atoms with van der Waals surface area (Å²) in [5.74, 6) is 0.0477. The van der Waals surface area contributed by atoms with Gasteiger partial charge in [0.25, 0.3) is 11.5 Å². The molecule has 148 valence electrons. The third kappa shape index (κ3) is 3.41. The smallest absolute Gasteiger partial charge is 0.338 e. The number of carbonyl (C=O) groups is 2. The van der Waals surface area contributed by atoms with Crippen molar-refractivity contribution < 1.29 is 14.3 Å². The lowest BCUT2D eigenvalue weighted by atomic mass is 10.00. The summed E-state index contributed by atoms with van der Waals surface area (Å²) in [7, 11) is 0. The lowest BCUT2D eigenvalue weighted by Crippen LogP contribution is -2.45. The number of hydrogen-bond acceptors (Lipinski definition) is 5. The SMILES string of the molecule is CC[C@H]1CCCCN1C(=O)COC(=O)c1ccc2c(=O)n3c(nc2c1)CCC3. The highest BCUT2D eigenvalue weighted by molar-refractivity contribution is 5.95. The van der Waals surface area contributed by atoms with Crippen LogP contribution in [0.5, 0.6) is 0 Å². The molecule has 1 amide bonds. The van der Waals surface area contributed by atoms with Crippen molar-refractivity contribution in [1.82, 2.24) is 14.5 Å². The minimum atomic E-state index is -0.567. The molecule has 1 fully saturated rings. The van der Waals surface area contributed by atoms with E-state index in [1.165, 1.54) is 0 Å². The van der Waals surface area contributed by atoms with Crippen molar-refractivity contribution in [2.75, 3.05) is 13.2 Å². The molecule has 0 bridgehead atoms. The maximum Gasteiger partial charge on any atom is 0.338 e. The summed E-state index contributed by atoms with van der Waals surface area (Å²) in [6, 6.07) is 5.00. The van der Waals surface area contributed by atoms with Gasteiger partial charge in [-0.1, -0.05) is 6.92 Å². The quantitative estimate of drug-likeness (QED) is 0.757. The number of aryl methyl sites for hydroxylation is 1. The number of esters is 1. The Kier molecular flexibility index (Phi) is 5.15. The van der Waals surface area contributed by atoms with Crippen LogP contribution in [0.1, 0.15) is 55.2 Å². The Balaban J connectivity index is 1.47. The molecule has 1 aromatic heterocycles. The molecule has 0 unspecified atom stereocenters. The first-order valence-electron chi connectivity index (χ1n) is 10.1. The summed E-state index contributed by atoms with van der Waals surface area (Å²) in [4.78, 5) is 43.8. The zero-order chi connectivity index (χ0) is 19.7. The van der Waals surface area contributed by atoms with Gasteiger partial charge >= 0.3 is 5.97 Å². The van der Waals surface area contributed by atoms with E-state index in [1.807, 2.05) is 4.90 Å². The molecule has 2 aliphatic rings. The zero-order valence-electron chi connectivity index (χ0n) is 16.1. The highest BCUT2D eigenvalue weighted by Gasteiger charge is 2.26. The van der Waals surface area contributed by atoms with Gasteiger partial charge in [-0.3, -0.25) is 14.2 Å². The van der Waals surface area contributed by atoms with Crippen LogP contribution in [0.2, 0.25) is 0 Å². The number of aromatic nitrogens is 2. The molecular weight excluding hydrogens is 358 g/mol. The van der Waals surface area contributed by atoms with Gasteiger partial charge in [0.15, 0.2) is 6.61 Å². The van der Waals surface area contributed by atoms with Gasteiger partial charge in [0, 0.05) is 25.6 Å². The van der Waals surface area contributed by atoms with Gasteiger partial charge in [-0.15, -0.1) is 0 Å². The molecule has 0 spiro atoms. The van der Waals surface area contributed by atoms with Gasteiger partial charge in [0.2, 0.25) is 0 Å². The largest absolute Gasteiger partial charge is 0.452 e. The maximum absolute atomic E-state index is 12.5. The number of fused-ring (bicyclic) bond motifs is 2. The molecule has 0 radical (unpaired) electrons. The monoisotopic (exact) mass is 383 g/mol. The van der Waals surface area contributed by atoms with Crippen molar-refractivity contribution in [2.45, 2.75) is 58.0 Å². The van der Waals surface area contributed by atoms with E-state index < -0.39 is 5.97 Å². The van der Waals surface area contributed by atoms with Crippen LogP contribution in [-0.4, -0.2) is 45.5 Å². The third-order valence-electron chi connectivity index (χ3n) is 5.80. The van der Waals surface area contributed by atoms with Crippen LogP contribution in [0.15, 0.2) is 23.0 Å². The van der Waals surface area contributed by atoms with Gasteiger partial charge in [0.05, 0.1) is 16.5 Å². The van der Waals surface area contributed by atoms with Gasteiger partial charge in [-0.05, 0) is 50.3 Å². The normalized spacial score (nSPS) is 18.9. The molecule has 0 aliphatic carbocycles. The number of amides is 1. The van der Waals surface area contributed by atoms with E-state index in [1.54, 1.807) is 22.8 Å². The van der Waals surface area contributed by atoms with Crippen LogP contribution < -0.4 is 5.56 Å². The molecule has 0 saturated carbocycles. The average Bonchev–Trinajstić information content (AvgIpc) is 3.20. The first-order chi connectivity index (χ1) is 13.6. The molecule has 1 atom stereocenters. The second-order valence-corrected chi connectivity index (χ2v) is 7.54. The first kappa shape index (κ1) is 18.7. The molecule has 2 aromatic rings. The number of piperidine rings is 1. The standard InChI is InChI=1S/C21H25N3O4/c1-2-15-6-3-4-10-23(15)19(25)13-28-21(27)14-8-9-16-17(12-14)22-18-7-5-11-24(18)20(16)26/h8-9,12,15H,2-7,10-11,13H2,1H3/t15-/m0/s1. The van der Waals surface area contributed by atoms with E-state index in [-0.39, 0.29) is 24.1 Å². The highest BCUT2D eigenvalue weighted by Crippen LogP contribution is 2.20. The highest BCUT2D eigenvalue weighted by atomic mass is 16.5. The topological polar surface area (TPSA) is 81.5 Å². The van der Waals surface area contributed by atoms with Gasteiger partial charge < -0.3 is 9.64 Å². The van der Waals surface area contributed by atoms with Crippen molar-refractivity contribution in [3.05, 3.63) is 39.9 Å². The van der Waals surface area contributed by atoms with Gasteiger partial charge in [-0.2, -0.15) is 0 Å². The second-order valence-electron chi connectivity index (χ2n) is 7.54. The molecule has 4 rings (SSSR count). The number of ether oxygens (including phenoxy) is 1. The minimum absolute atomic E-state index is 0.0664. The van der Waals surface area contributed by atoms with Crippen molar-refractivity contribution >= 4 is 22.8 Å². The molecule has 7 nitrogen and oxygen atoms in total. The molecule has 1 saturated heterocycles. The van der Waals surface area contributed by atoms with Gasteiger partial charge in [-0.25, -0.2) is 9.78 Å². The Morgan fingerprint density at radius 1 is 1.21 bits per heavy atom. The number of hydrogen-bond donors (Lipinski definition) is 0. The van der Waals surface area contributed by atoms with Gasteiger partial charge in [0.1, 0.15) is 5.82 Å². The Morgan fingerprint density at radius 3 is 2.89 bits per heavy atom. The summed E-state index contributed by atoms with van der Waals surface area (Å²) in [5.41, 5.74) is 0.741. The summed E-state index contributed by atoms with van der Waals surface area (Å²) in [6.45, 7) is 3.24. The van der Waals surface area contributed by atoms with Crippen molar-refractivity contribution in [3.63, 3.8) is 0 Å². The van der Waals surface area contributed by atoms with Crippen molar-refractivity contribution in [1.29, 1.82) is 0 Å². The van der Waals surface area contributed by atoms with Crippen LogP contribution >= 0.6 is 0 Å². The Labute approximate surface area is 163 Å². The van der Waals surface area contributed by atoms with Crippen LogP contribution in [0.4, 0.5) is 0 Å². The fourth-order valence-corrected chi connectivity index (χ4v) is 4.26. The fraction of sp³-hybridized carbons (Fsp3) is 0.524. The Hall–Kier alpha value is -2.70. The van der Waals surface area contributed by atoms with Crippen LogP contribution in [-0.2, 0) is 22.5 Å². The maximum atomic E-state index is 12.5. The molecule has 3 heterocycles. The first-order valence-corrected chi connectivity index (χ1v) is 10.1. The summed E-state index contributed by atoms with van der Waals surface area (Å²) >= 11 is 0. The summed E-state index contributed by atoms with van der Waals surface area (Å²) in [6.07, 6.45) is 5.72. The molecule has 7 heteroatoms. The molecule has 28 heavy (non-hydrogen) atoms. The van der Waals surface area contributed by atoms with E-state index in [2.05, 4.69) is 11.9 Å². The average molecular weight is 383 g/mol. The lowest BCUT2D eigenvalue weighted by molar-refractivity contribution is -0.138. The van der Waals surface area contributed by atoms with Crippen LogP contribution in [0.3, 0.4) is 0 Å².